The maximum Gasteiger partial charge on any atom is 0.306 e. The maximum absolute atomic E-state index is 13.2. The van der Waals surface area contributed by atoms with Gasteiger partial charge in [-0.25, -0.2) is 0 Å². The molecule has 4 heteroatoms. The van der Waals surface area contributed by atoms with Crippen LogP contribution in [-0.4, -0.2) is 36.0 Å². The van der Waals surface area contributed by atoms with Gasteiger partial charge < -0.3 is 9.64 Å². The van der Waals surface area contributed by atoms with E-state index >= 15 is 0 Å². The Morgan fingerprint density at radius 3 is 1.85 bits per heavy atom. The van der Waals surface area contributed by atoms with Crippen LogP contribution in [0.15, 0.2) is 60.7 Å². The van der Waals surface area contributed by atoms with E-state index < -0.39 is 5.60 Å². The van der Waals surface area contributed by atoms with Crippen LogP contribution >= 0.6 is 0 Å². The first-order valence-electron chi connectivity index (χ1n) is 9.34. The number of hydrogen-bond acceptors (Lipinski definition) is 3. The van der Waals surface area contributed by atoms with Gasteiger partial charge in [0.05, 0.1) is 5.92 Å². The average Bonchev–Trinajstić information content (AvgIpc) is 2.62. The molecule has 1 amide bonds. The maximum atomic E-state index is 13.2. The smallest absolute Gasteiger partial charge is 0.306 e. The van der Waals surface area contributed by atoms with Crippen LogP contribution in [0.25, 0.3) is 0 Å². The SMILES string of the molecule is CN(CCCC(=O)OC(C)(C)C)C(=O)C(c1ccccc1)c1ccccc1. The van der Waals surface area contributed by atoms with Gasteiger partial charge in [0.1, 0.15) is 5.60 Å². The lowest BCUT2D eigenvalue weighted by molar-refractivity contribution is -0.155. The summed E-state index contributed by atoms with van der Waals surface area (Å²) in [7, 11) is 1.79. The minimum absolute atomic E-state index is 0.0246. The van der Waals surface area contributed by atoms with Crippen LogP contribution in [0, 0.1) is 0 Å². The van der Waals surface area contributed by atoms with E-state index in [1.54, 1.807) is 11.9 Å². The summed E-state index contributed by atoms with van der Waals surface area (Å²) in [6.45, 7) is 6.06. The van der Waals surface area contributed by atoms with E-state index in [0.717, 1.165) is 11.1 Å². The number of esters is 1. The zero-order valence-electron chi connectivity index (χ0n) is 16.6. The summed E-state index contributed by atoms with van der Waals surface area (Å²) in [5.41, 5.74) is 1.45. The molecule has 0 aliphatic carbocycles. The molecule has 0 unspecified atom stereocenters. The van der Waals surface area contributed by atoms with Gasteiger partial charge in [-0.15, -0.1) is 0 Å². The molecule has 0 atom stereocenters. The molecule has 0 aromatic heterocycles. The minimum atomic E-state index is -0.482. The number of carbonyl (C=O) groups excluding carboxylic acids is 2. The normalized spacial score (nSPS) is 11.3. The lowest BCUT2D eigenvalue weighted by Gasteiger charge is -2.25. The van der Waals surface area contributed by atoms with Gasteiger partial charge in [-0.1, -0.05) is 60.7 Å². The molecular weight excluding hydrogens is 338 g/mol. The molecule has 0 N–H and O–H groups in total. The summed E-state index contributed by atoms with van der Waals surface area (Å²) in [6.07, 6.45) is 0.879. The van der Waals surface area contributed by atoms with Crippen molar-refractivity contribution in [3.05, 3.63) is 71.8 Å². The Hall–Kier alpha value is -2.62. The Morgan fingerprint density at radius 1 is 0.926 bits per heavy atom. The number of likely N-dealkylation sites (N-methyl/N-ethyl adjacent to an activating group) is 1. The molecule has 4 nitrogen and oxygen atoms in total. The molecule has 2 rings (SSSR count). The van der Waals surface area contributed by atoms with Crippen molar-refractivity contribution in [3.63, 3.8) is 0 Å². The lowest BCUT2D eigenvalue weighted by Crippen LogP contribution is -2.33. The molecule has 144 valence electrons. The van der Waals surface area contributed by atoms with Crippen LogP contribution in [0.1, 0.15) is 50.7 Å². The van der Waals surface area contributed by atoms with Crippen LogP contribution in [0.4, 0.5) is 0 Å². The molecule has 0 saturated heterocycles. The summed E-state index contributed by atoms with van der Waals surface area (Å²) in [5.74, 6) is -0.554. The molecule has 0 aliphatic heterocycles. The molecule has 0 radical (unpaired) electrons. The number of nitrogens with zero attached hydrogens (tertiary/aromatic N) is 1. The van der Waals surface area contributed by atoms with E-state index in [1.807, 2.05) is 81.4 Å². The third kappa shape index (κ3) is 6.55. The quantitative estimate of drug-likeness (QED) is 0.682. The van der Waals surface area contributed by atoms with Gasteiger partial charge in [0.25, 0.3) is 0 Å². The molecule has 0 saturated carbocycles. The van der Waals surface area contributed by atoms with Gasteiger partial charge in [-0.05, 0) is 38.3 Å². The molecule has 2 aromatic rings. The van der Waals surface area contributed by atoms with E-state index in [0.29, 0.717) is 19.4 Å². The number of benzene rings is 2. The van der Waals surface area contributed by atoms with Gasteiger partial charge in [0.15, 0.2) is 0 Å². The van der Waals surface area contributed by atoms with Crippen LogP contribution in [-0.2, 0) is 14.3 Å². The fourth-order valence-electron chi connectivity index (χ4n) is 2.95. The minimum Gasteiger partial charge on any atom is -0.460 e. The Kier molecular flexibility index (Phi) is 7.17. The van der Waals surface area contributed by atoms with Crippen molar-refractivity contribution >= 4 is 11.9 Å². The van der Waals surface area contributed by atoms with Crippen molar-refractivity contribution in [2.24, 2.45) is 0 Å². The first-order chi connectivity index (χ1) is 12.8. The first-order valence-corrected chi connectivity index (χ1v) is 9.34. The Morgan fingerprint density at radius 2 is 1.41 bits per heavy atom. The second kappa shape index (κ2) is 9.36. The monoisotopic (exact) mass is 367 g/mol. The van der Waals surface area contributed by atoms with Gasteiger partial charge >= 0.3 is 5.97 Å². The summed E-state index contributed by atoms with van der Waals surface area (Å²) in [4.78, 5) is 26.7. The summed E-state index contributed by atoms with van der Waals surface area (Å²) in [5, 5.41) is 0. The molecule has 0 fully saturated rings. The third-order valence-corrected chi connectivity index (χ3v) is 4.18. The molecule has 0 heterocycles. The van der Waals surface area contributed by atoms with Crippen LogP contribution < -0.4 is 0 Å². The first kappa shape index (κ1) is 20.7. The number of rotatable bonds is 7. The average molecular weight is 367 g/mol. The van der Waals surface area contributed by atoms with Crippen LogP contribution in [0.2, 0.25) is 0 Å². The number of carbonyl (C=O) groups is 2. The standard InChI is InChI=1S/C23H29NO3/c1-23(2,3)27-20(25)16-11-17-24(4)22(26)21(18-12-7-5-8-13-18)19-14-9-6-10-15-19/h5-10,12-15,21H,11,16-17H2,1-4H3. The summed E-state index contributed by atoms with van der Waals surface area (Å²) < 4.78 is 5.32. The molecular formula is C23H29NO3. The third-order valence-electron chi connectivity index (χ3n) is 4.18. The second-order valence-corrected chi connectivity index (χ2v) is 7.70. The molecule has 2 aromatic carbocycles. The van der Waals surface area contributed by atoms with E-state index in [2.05, 4.69) is 0 Å². The zero-order chi connectivity index (χ0) is 19.9. The van der Waals surface area contributed by atoms with E-state index in [4.69, 9.17) is 4.74 Å². The fraction of sp³-hybridized carbons (Fsp3) is 0.391. The Bertz CT molecular complexity index is 696. The van der Waals surface area contributed by atoms with Gasteiger partial charge in [0, 0.05) is 20.0 Å². The van der Waals surface area contributed by atoms with Gasteiger partial charge in [-0.2, -0.15) is 0 Å². The van der Waals surface area contributed by atoms with Gasteiger partial charge in [0.2, 0.25) is 5.91 Å². The van der Waals surface area contributed by atoms with E-state index in [9.17, 15) is 9.59 Å². The number of amides is 1. The Labute approximate surface area is 162 Å². The predicted molar refractivity (Wildman–Crippen MR) is 107 cm³/mol. The number of ether oxygens (including phenoxy) is 1. The Balaban J connectivity index is 2.04. The van der Waals surface area contributed by atoms with Crippen LogP contribution in [0.3, 0.4) is 0 Å². The van der Waals surface area contributed by atoms with Crippen molar-refractivity contribution < 1.29 is 14.3 Å². The summed E-state index contributed by atoms with van der Waals surface area (Å²) in [6, 6.07) is 19.6. The predicted octanol–water partition coefficient (Wildman–Crippen LogP) is 4.40. The van der Waals surface area contributed by atoms with E-state index in [-0.39, 0.29) is 17.8 Å². The van der Waals surface area contributed by atoms with Crippen LogP contribution in [0.5, 0.6) is 0 Å². The highest BCUT2D eigenvalue weighted by atomic mass is 16.6. The highest BCUT2D eigenvalue weighted by Gasteiger charge is 2.25. The summed E-state index contributed by atoms with van der Waals surface area (Å²) >= 11 is 0. The topological polar surface area (TPSA) is 46.6 Å². The highest BCUT2D eigenvalue weighted by Crippen LogP contribution is 2.26. The van der Waals surface area contributed by atoms with Gasteiger partial charge in [-0.3, -0.25) is 9.59 Å². The second-order valence-electron chi connectivity index (χ2n) is 7.70. The molecule has 0 aliphatic rings. The van der Waals surface area contributed by atoms with Crippen molar-refractivity contribution in [3.8, 4) is 0 Å². The molecule has 27 heavy (non-hydrogen) atoms. The van der Waals surface area contributed by atoms with Crippen molar-refractivity contribution in [2.45, 2.75) is 45.1 Å². The van der Waals surface area contributed by atoms with E-state index in [1.165, 1.54) is 0 Å². The largest absolute Gasteiger partial charge is 0.460 e. The van der Waals surface area contributed by atoms with Crippen molar-refractivity contribution in [2.75, 3.05) is 13.6 Å². The van der Waals surface area contributed by atoms with Crippen molar-refractivity contribution in [1.29, 1.82) is 0 Å². The van der Waals surface area contributed by atoms with Crippen molar-refractivity contribution in [1.82, 2.24) is 4.90 Å². The molecule has 0 bridgehead atoms. The highest BCUT2D eigenvalue weighted by molar-refractivity contribution is 5.87. The molecule has 0 spiro atoms. The number of hydrogen-bond donors (Lipinski definition) is 0. The lowest BCUT2D eigenvalue weighted by atomic mass is 9.90. The zero-order valence-corrected chi connectivity index (χ0v) is 16.6. The fourth-order valence-corrected chi connectivity index (χ4v) is 2.95.